The molecule has 0 aliphatic carbocycles. The SMILES string of the molecule is COc1ccc(-c2c(-c3ccccc3)ncn2CCCn2cncn2)cc1OC. The van der Waals surface area contributed by atoms with E-state index in [0.717, 1.165) is 42.0 Å². The normalized spacial score (nSPS) is 10.8. The molecule has 0 radical (unpaired) electrons. The zero-order valence-corrected chi connectivity index (χ0v) is 16.5. The number of methoxy groups -OCH3 is 2. The highest BCUT2D eigenvalue weighted by Gasteiger charge is 2.17. The molecule has 0 amide bonds. The average molecular weight is 389 g/mol. The van der Waals surface area contributed by atoms with E-state index < -0.39 is 0 Å². The van der Waals surface area contributed by atoms with Crippen molar-refractivity contribution in [3.63, 3.8) is 0 Å². The van der Waals surface area contributed by atoms with Gasteiger partial charge in [0.25, 0.3) is 0 Å². The Hall–Kier alpha value is -3.61. The van der Waals surface area contributed by atoms with Gasteiger partial charge in [-0.25, -0.2) is 9.97 Å². The molecule has 7 heteroatoms. The second-order valence-corrected chi connectivity index (χ2v) is 6.58. The molecule has 29 heavy (non-hydrogen) atoms. The molecule has 0 atom stereocenters. The van der Waals surface area contributed by atoms with Crippen LogP contribution in [0.15, 0.2) is 67.5 Å². The number of ether oxygens (including phenoxy) is 2. The predicted molar refractivity (Wildman–Crippen MR) is 111 cm³/mol. The molecule has 0 aliphatic heterocycles. The van der Waals surface area contributed by atoms with Crippen LogP contribution in [0, 0.1) is 0 Å². The molecule has 0 spiro atoms. The first kappa shape index (κ1) is 18.7. The monoisotopic (exact) mass is 389 g/mol. The number of hydrogen-bond acceptors (Lipinski definition) is 5. The third-order valence-electron chi connectivity index (χ3n) is 4.79. The third kappa shape index (κ3) is 3.99. The van der Waals surface area contributed by atoms with Crippen LogP contribution >= 0.6 is 0 Å². The Morgan fingerprint density at radius 1 is 0.862 bits per heavy atom. The molecule has 2 heterocycles. The van der Waals surface area contributed by atoms with Crippen LogP contribution in [0.4, 0.5) is 0 Å². The number of benzene rings is 2. The highest BCUT2D eigenvalue weighted by molar-refractivity contribution is 5.79. The van der Waals surface area contributed by atoms with Gasteiger partial charge in [-0.05, 0) is 24.6 Å². The Kier molecular flexibility index (Phi) is 5.56. The van der Waals surface area contributed by atoms with Crippen LogP contribution in [0.25, 0.3) is 22.5 Å². The zero-order chi connectivity index (χ0) is 20.1. The molecule has 0 N–H and O–H groups in total. The maximum Gasteiger partial charge on any atom is 0.161 e. The van der Waals surface area contributed by atoms with Gasteiger partial charge in [0.15, 0.2) is 11.5 Å². The van der Waals surface area contributed by atoms with E-state index in [1.807, 2.05) is 47.4 Å². The molecule has 0 unspecified atom stereocenters. The highest BCUT2D eigenvalue weighted by atomic mass is 16.5. The lowest BCUT2D eigenvalue weighted by Crippen LogP contribution is -2.05. The summed E-state index contributed by atoms with van der Waals surface area (Å²) in [7, 11) is 3.29. The Balaban J connectivity index is 1.71. The van der Waals surface area contributed by atoms with E-state index in [4.69, 9.17) is 14.5 Å². The van der Waals surface area contributed by atoms with Gasteiger partial charge in [-0.15, -0.1) is 0 Å². The fourth-order valence-corrected chi connectivity index (χ4v) is 3.40. The smallest absolute Gasteiger partial charge is 0.161 e. The van der Waals surface area contributed by atoms with Crippen molar-refractivity contribution in [3.8, 4) is 34.0 Å². The van der Waals surface area contributed by atoms with Crippen LogP contribution in [0.1, 0.15) is 6.42 Å². The molecule has 0 fully saturated rings. The van der Waals surface area contributed by atoms with E-state index in [1.165, 1.54) is 0 Å². The molecular weight excluding hydrogens is 366 g/mol. The first-order valence-electron chi connectivity index (χ1n) is 9.45. The van der Waals surface area contributed by atoms with Crippen molar-refractivity contribution < 1.29 is 9.47 Å². The summed E-state index contributed by atoms with van der Waals surface area (Å²) in [6.45, 7) is 1.60. The zero-order valence-electron chi connectivity index (χ0n) is 16.5. The maximum atomic E-state index is 5.52. The van der Waals surface area contributed by atoms with Crippen molar-refractivity contribution in [1.82, 2.24) is 24.3 Å². The summed E-state index contributed by atoms with van der Waals surface area (Å²) < 4.78 is 14.9. The topological polar surface area (TPSA) is 67.0 Å². The average Bonchev–Trinajstić information content (AvgIpc) is 3.44. The quantitative estimate of drug-likeness (QED) is 0.457. The first-order chi connectivity index (χ1) is 14.3. The van der Waals surface area contributed by atoms with Crippen LogP contribution in [-0.4, -0.2) is 38.5 Å². The standard InChI is InChI=1S/C22H23N5O2/c1-28-19-10-9-18(13-20(19)29-2)22-21(17-7-4-3-5-8-17)24-16-26(22)11-6-12-27-15-23-14-25-27/h3-5,7-10,13-16H,6,11-12H2,1-2H3. The summed E-state index contributed by atoms with van der Waals surface area (Å²) in [5, 5.41) is 4.17. The highest BCUT2D eigenvalue weighted by Crippen LogP contribution is 2.36. The number of imidazole rings is 1. The van der Waals surface area contributed by atoms with Crippen molar-refractivity contribution in [1.29, 1.82) is 0 Å². The summed E-state index contributed by atoms with van der Waals surface area (Å²) in [6.07, 6.45) is 6.10. The summed E-state index contributed by atoms with van der Waals surface area (Å²) in [6, 6.07) is 16.2. The fourth-order valence-electron chi connectivity index (χ4n) is 3.40. The van der Waals surface area contributed by atoms with Crippen LogP contribution in [-0.2, 0) is 13.1 Å². The largest absolute Gasteiger partial charge is 0.493 e. The molecule has 4 rings (SSSR count). The fraction of sp³-hybridized carbons (Fsp3) is 0.227. The lowest BCUT2D eigenvalue weighted by molar-refractivity contribution is 0.355. The maximum absolute atomic E-state index is 5.52. The number of nitrogens with zero attached hydrogens (tertiary/aromatic N) is 5. The number of aromatic nitrogens is 5. The van der Waals surface area contributed by atoms with Crippen molar-refractivity contribution in [3.05, 3.63) is 67.5 Å². The minimum absolute atomic E-state index is 0.694. The first-order valence-corrected chi connectivity index (χ1v) is 9.45. The number of aryl methyl sites for hydroxylation is 2. The minimum atomic E-state index is 0.694. The van der Waals surface area contributed by atoms with E-state index >= 15 is 0 Å². The summed E-state index contributed by atoms with van der Waals surface area (Å²) in [5.74, 6) is 1.40. The lowest BCUT2D eigenvalue weighted by Gasteiger charge is -2.13. The second-order valence-electron chi connectivity index (χ2n) is 6.58. The molecular formula is C22H23N5O2. The molecule has 7 nitrogen and oxygen atoms in total. The van der Waals surface area contributed by atoms with E-state index in [0.29, 0.717) is 11.5 Å². The van der Waals surface area contributed by atoms with Gasteiger partial charge in [-0.1, -0.05) is 30.3 Å². The van der Waals surface area contributed by atoms with Gasteiger partial charge < -0.3 is 14.0 Å². The molecule has 0 bridgehead atoms. The minimum Gasteiger partial charge on any atom is -0.493 e. The Morgan fingerprint density at radius 3 is 2.41 bits per heavy atom. The third-order valence-corrected chi connectivity index (χ3v) is 4.79. The summed E-state index contributed by atoms with van der Waals surface area (Å²) in [4.78, 5) is 8.73. The molecule has 0 saturated carbocycles. The van der Waals surface area contributed by atoms with Crippen LogP contribution in [0.2, 0.25) is 0 Å². The van der Waals surface area contributed by atoms with Crippen molar-refractivity contribution in [2.45, 2.75) is 19.5 Å². The predicted octanol–water partition coefficient (Wildman–Crippen LogP) is 3.92. The molecule has 2 aromatic carbocycles. The Morgan fingerprint density at radius 2 is 1.69 bits per heavy atom. The molecule has 4 aromatic rings. The molecule has 2 aromatic heterocycles. The molecule has 0 aliphatic rings. The van der Waals surface area contributed by atoms with Gasteiger partial charge in [-0.3, -0.25) is 4.68 Å². The van der Waals surface area contributed by atoms with Gasteiger partial charge in [0.05, 0.1) is 31.9 Å². The Bertz CT molecular complexity index is 1060. The van der Waals surface area contributed by atoms with Gasteiger partial charge in [-0.2, -0.15) is 5.10 Å². The van der Waals surface area contributed by atoms with E-state index in [-0.39, 0.29) is 0 Å². The summed E-state index contributed by atoms with van der Waals surface area (Å²) >= 11 is 0. The van der Waals surface area contributed by atoms with Crippen molar-refractivity contribution in [2.24, 2.45) is 0 Å². The van der Waals surface area contributed by atoms with Gasteiger partial charge in [0.1, 0.15) is 12.7 Å². The van der Waals surface area contributed by atoms with Crippen LogP contribution in [0.5, 0.6) is 11.5 Å². The van der Waals surface area contributed by atoms with Crippen LogP contribution < -0.4 is 9.47 Å². The van der Waals surface area contributed by atoms with Gasteiger partial charge in [0, 0.05) is 24.2 Å². The van der Waals surface area contributed by atoms with Gasteiger partial charge in [0.2, 0.25) is 0 Å². The number of hydrogen-bond donors (Lipinski definition) is 0. The lowest BCUT2D eigenvalue weighted by atomic mass is 10.0. The number of rotatable bonds is 8. The van der Waals surface area contributed by atoms with Gasteiger partial charge >= 0.3 is 0 Å². The van der Waals surface area contributed by atoms with Crippen molar-refractivity contribution >= 4 is 0 Å². The van der Waals surface area contributed by atoms with Crippen LogP contribution in [0.3, 0.4) is 0 Å². The van der Waals surface area contributed by atoms with E-state index in [2.05, 4.69) is 26.8 Å². The summed E-state index contributed by atoms with van der Waals surface area (Å²) in [5.41, 5.74) is 4.10. The van der Waals surface area contributed by atoms with E-state index in [9.17, 15) is 0 Å². The van der Waals surface area contributed by atoms with Crippen molar-refractivity contribution in [2.75, 3.05) is 14.2 Å². The molecule has 0 saturated heterocycles. The Labute approximate surface area is 169 Å². The second kappa shape index (κ2) is 8.60. The molecule has 148 valence electrons. The van der Waals surface area contributed by atoms with E-state index in [1.54, 1.807) is 26.9 Å².